The predicted molar refractivity (Wildman–Crippen MR) is 90.2 cm³/mol. The number of piperidine rings is 1. The van der Waals surface area contributed by atoms with Crippen molar-refractivity contribution in [2.24, 2.45) is 5.41 Å². The van der Waals surface area contributed by atoms with Crippen LogP contribution in [0.4, 0.5) is 13.2 Å². The molecule has 1 N–H and O–H groups in total. The minimum absolute atomic E-state index is 0.0824. The number of amides is 2. The molecule has 5 nitrogen and oxygen atoms in total. The number of carbonyl (C=O) groups excluding carboxylic acids is 2. The van der Waals surface area contributed by atoms with Gasteiger partial charge in [-0.05, 0) is 61.3 Å². The molecule has 0 atom stereocenters. The first-order valence-corrected chi connectivity index (χ1v) is 9.20. The molecule has 2 fully saturated rings. The minimum Gasteiger partial charge on any atom is -0.352 e. The lowest BCUT2D eigenvalue weighted by Gasteiger charge is -2.51. The van der Waals surface area contributed by atoms with Crippen molar-refractivity contribution in [3.8, 4) is 0 Å². The van der Waals surface area contributed by atoms with Crippen LogP contribution in [0.3, 0.4) is 0 Å². The fourth-order valence-electron chi connectivity index (χ4n) is 4.51. The van der Waals surface area contributed by atoms with E-state index in [1.807, 2.05) is 0 Å². The number of hydrogen-bond acceptors (Lipinski definition) is 3. The van der Waals surface area contributed by atoms with Crippen molar-refractivity contribution >= 4 is 11.8 Å². The Morgan fingerprint density at radius 3 is 2.59 bits per heavy atom. The largest absolute Gasteiger partial charge is 0.522 e. The van der Waals surface area contributed by atoms with Crippen LogP contribution in [0.2, 0.25) is 0 Å². The molecular weight excluding hydrogens is 361 g/mol. The molecule has 0 unspecified atom stereocenters. The van der Waals surface area contributed by atoms with Crippen molar-refractivity contribution in [1.82, 2.24) is 10.2 Å². The van der Waals surface area contributed by atoms with Gasteiger partial charge < -0.3 is 10.2 Å². The highest BCUT2D eigenvalue weighted by Crippen LogP contribution is 2.51. The van der Waals surface area contributed by atoms with E-state index in [9.17, 15) is 22.8 Å². The third kappa shape index (κ3) is 3.67. The molecule has 0 radical (unpaired) electrons. The SMILES string of the molecule is O=C1NCCc2cc(C(=O)N3CCC4(CC3)CC(OC(F)(F)F)C4)ccc21. The summed E-state index contributed by atoms with van der Waals surface area (Å²) in [5, 5.41) is 2.77. The molecule has 1 spiro atoms. The van der Waals surface area contributed by atoms with Gasteiger partial charge >= 0.3 is 6.36 Å². The van der Waals surface area contributed by atoms with Crippen molar-refractivity contribution < 1.29 is 27.5 Å². The quantitative estimate of drug-likeness (QED) is 0.856. The third-order valence-electron chi connectivity index (χ3n) is 6.01. The van der Waals surface area contributed by atoms with Gasteiger partial charge in [-0.15, -0.1) is 13.2 Å². The molecule has 1 saturated heterocycles. The van der Waals surface area contributed by atoms with Gasteiger partial charge in [0.1, 0.15) is 0 Å². The van der Waals surface area contributed by atoms with Crippen molar-refractivity contribution in [2.45, 2.75) is 44.6 Å². The van der Waals surface area contributed by atoms with Gasteiger partial charge in [0.15, 0.2) is 0 Å². The highest BCUT2D eigenvalue weighted by Gasteiger charge is 2.50. The summed E-state index contributed by atoms with van der Waals surface area (Å²) in [6.45, 7) is 1.64. The number of ether oxygens (including phenoxy) is 1. The molecule has 8 heteroatoms. The predicted octanol–water partition coefficient (Wildman–Crippen LogP) is 2.89. The Hall–Kier alpha value is -2.09. The highest BCUT2D eigenvalue weighted by atomic mass is 19.4. The van der Waals surface area contributed by atoms with Crippen molar-refractivity contribution in [1.29, 1.82) is 0 Å². The molecule has 2 heterocycles. The second kappa shape index (κ2) is 6.51. The summed E-state index contributed by atoms with van der Waals surface area (Å²) < 4.78 is 40.9. The Balaban J connectivity index is 1.35. The van der Waals surface area contributed by atoms with Crippen LogP contribution >= 0.6 is 0 Å². The van der Waals surface area contributed by atoms with Gasteiger partial charge in [-0.3, -0.25) is 14.3 Å². The number of rotatable bonds is 2. The van der Waals surface area contributed by atoms with E-state index in [-0.39, 0.29) is 17.2 Å². The minimum atomic E-state index is -4.58. The average Bonchev–Trinajstić information content (AvgIpc) is 2.59. The fourth-order valence-corrected chi connectivity index (χ4v) is 4.51. The summed E-state index contributed by atoms with van der Waals surface area (Å²) in [4.78, 5) is 26.4. The van der Waals surface area contributed by atoms with Crippen molar-refractivity contribution in [3.05, 3.63) is 34.9 Å². The van der Waals surface area contributed by atoms with Gasteiger partial charge in [0.25, 0.3) is 11.8 Å². The molecule has 27 heavy (non-hydrogen) atoms. The fraction of sp³-hybridized carbons (Fsp3) is 0.579. The zero-order valence-corrected chi connectivity index (χ0v) is 14.8. The van der Waals surface area contributed by atoms with E-state index in [2.05, 4.69) is 10.1 Å². The molecule has 3 aliphatic rings. The Labute approximate surface area is 154 Å². The van der Waals surface area contributed by atoms with E-state index >= 15 is 0 Å². The highest BCUT2D eigenvalue weighted by molar-refractivity contribution is 5.99. The van der Waals surface area contributed by atoms with E-state index in [4.69, 9.17) is 0 Å². The molecule has 2 aliphatic heterocycles. The van der Waals surface area contributed by atoms with E-state index < -0.39 is 12.5 Å². The summed E-state index contributed by atoms with van der Waals surface area (Å²) in [7, 11) is 0. The maximum Gasteiger partial charge on any atom is 0.522 e. The van der Waals surface area contributed by atoms with E-state index in [0.717, 1.165) is 5.56 Å². The topological polar surface area (TPSA) is 58.6 Å². The lowest BCUT2D eigenvalue weighted by atomic mass is 9.61. The van der Waals surface area contributed by atoms with Gasteiger partial charge in [-0.1, -0.05) is 0 Å². The number of benzene rings is 1. The first-order valence-electron chi connectivity index (χ1n) is 9.20. The number of hydrogen-bond donors (Lipinski definition) is 1. The number of halogens is 3. The number of fused-ring (bicyclic) bond motifs is 1. The summed E-state index contributed by atoms with van der Waals surface area (Å²) in [5.41, 5.74) is 1.93. The van der Waals surface area contributed by atoms with Crippen LogP contribution in [-0.2, 0) is 11.2 Å². The smallest absolute Gasteiger partial charge is 0.352 e. The summed E-state index contributed by atoms with van der Waals surface area (Å²) in [6.07, 6.45) is -2.42. The molecule has 1 aromatic rings. The van der Waals surface area contributed by atoms with Crippen LogP contribution in [0.25, 0.3) is 0 Å². The first-order chi connectivity index (χ1) is 12.7. The lowest BCUT2D eigenvalue weighted by Crippen LogP contribution is -2.52. The van der Waals surface area contributed by atoms with Crippen molar-refractivity contribution in [3.63, 3.8) is 0 Å². The number of carbonyl (C=O) groups is 2. The van der Waals surface area contributed by atoms with Gasteiger partial charge in [-0.25, -0.2) is 0 Å². The first kappa shape index (κ1) is 18.3. The van der Waals surface area contributed by atoms with Crippen LogP contribution in [0, 0.1) is 5.41 Å². The number of nitrogens with zero attached hydrogens (tertiary/aromatic N) is 1. The van der Waals surface area contributed by atoms with Gasteiger partial charge in [0.2, 0.25) is 0 Å². The monoisotopic (exact) mass is 382 g/mol. The number of nitrogens with one attached hydrogen (secondary N) is 1. The second-order valence-corrected chi connectivity index (χ2v) is 7.76. The molecule has 0 bridgehead atoms. The van der Waals surface area contributed by atoms with Crippen LogP contribution < -0.4 is 5.32 Å². The van der Waals surface area contributed by atoms with Crippen LogP contribution in [-0.4, -0.2) is 48.8 Å². The second-order valence-electron chi connectivity index (χ2n) is 7.76. The molecule has 1 aromatic carbocycles. The molecule has 1 aliphatic carbocycles. The lowest BCUT2D eigenvalue weighted by molar-refractivity contribution is -0.360. The number of alkyl halides is 3. The summed E-state index contributed by atoms with van der Waals surface area (Å²) in [6, 6.07) is 5.15. The average molecular weight is 382 g/mol. The van der Waals surface area contributed by atoms with Gasteiger partial charge in [0, 0.05) is 30.8 Å². The van der Waals surface area contributed by atoms with Crippen LogP contribution in [0.5, 0.6) is 0 Å². The summed E-state index contributed by atoms with van der Waals surface area (Å²) in [5.74, 6) is -0.197. The summed E-state index contributed by atoms with van der Waals surface area (Å²) >= 11 is 0. The zero-order valence-electron chi connectivity index (χ0n) is 14.8. The zero-order chi connectivity index (χ0) is 19.2. The van der Waals surface area contributed by atoms with Crippen LogP contribution in [0.1, 0.15) is 52.0 Å². The molecular formula is C19H21F3N2O3. The molecule has 2 amide bonds. The van der Waals surface area contributed by atoms with Gasteiger partial charge in [0.05, 0.1) is 6.10 Å². The van der Waals surface area contributed by atoms with Crippen LogP contribution in [0.15, 0.2) is 18.2 Å². The number of likely N-dealkylation sites (tertiary alicyclic amines) is 1. The molecule has 4 rings (SSSR count). The third-order valence-corrected chi connectivity index (χ3v) is 6.01. The molecule has 0 aromatic heterocycles. The molecule has 146 valence electrons. The van der Waals surface area contributed by atoms with Gasteiger partial charge in [-0.2, -0.15) is 0 Å². The molecule has 1 saturated carbocycles. The maximum absolute atomic E-state index is 12.8. The maximum atomic E-state index is 12.8. The Morgan fingerprint density at radius 2 is 1.93 bits per heavy atom. The standard InChI is InChI=1S/C19H21F3N2O3/c20-19(21,22)27-14-10-18(11-14)4-7-24(8-5-18)17(26)13-1-2-15-12(9-13)3-6-23-16(15)25/h1-2,9,14H,3-8,10-11H2,(H,23,25). The van der Waals surface area contributed by atoms with Crippen molar-refractivity contribution in [2.75, 3.05) is 19.6 Å². The van der Waals surface area contributed by atoms with E-state index in [1.165, 1.54) is 0 Å². The Kier molecular flexibility index (Phi) is 4.41. The Morgan fingerprint density at radius 1 is 1.22 bits per heavy atom. The van der Waals surface area contributed by atoms with E-state index in [1.54, 1.807) is 23.1 Å². The normalized spacial score (nSPS) is 22.2. The van der Waals surface area contributed by atoms with E-state index in [0.29, 0.717) is 62.9 Å². The Bertz CT molecular complexity index is 762.